The third kappa shape index (κ3) is 5.68. The molecule has 2 N–H and O–H groups in total. The van der Waals surface area contributed by atoms with E-state index < -0.39 is 27.8 Å². The summed E-state index contributed by atoms with van der Waals surface area (Å²) in [6.07, 6.45) is 1.77. The maximum Gasteiger partial charge on any atom is 0.306 e. The van der Waals surface area contributed by atoms with Gasteiger partial charge in [-0.25, -0.2) is 8.42 Å². The molecule has 1 aliphatic rings. The lowest BCUT2D eigenvalue weighted by molar-refractivity contribution is -0.145. The van der Waals surface area contributed by atoms with Crippen LogP contribution in [0.3, 0.4) is 0 Å². The van der Waals surface area contributed by atoms with Crippen LogP contribution in [0.2, 0.25) is 0 Å². The highest BCUT2D eigenvalue weighted by atomic mass is 32.2. The van der Waals surface area contributed by atoms with Crippen molar-refractivity contribution in [1.29, 1.82) is 0 Å². The largest absolute Gasteiger partial charge is 0.481 e. The summed E-state index contributed by atoms with van der Waals surface area (Å²) in [7, 11) is -2.10. The fourth-order valence-corrected chi connectivity index (χ4v) is 3.49. The molecule has 9 nitrogen and oxygen atoms in total. The molecule has 0 spiro atoms. The Hall–Kier alpha value is -2.62. The van der Waals surface area contributed by atoms with E-state index in [1.165, 1.54) is 24.1 Å². The van der Waals surface area contributed by atoms with Crippen molar-refractivity contribution >= 4 is 33.5 Å². The number of rotatable bonds is 6. The van der Waals surface area contributed by atoms with Gasteiger partial charge in [-0.3, -0.25) is 19.1 Å². The highest BCUT2D eigenvalue weighted by Crippen LogP contribution is 2.19. The van der Waals surface area contributed by atoms with Crippen LogP contribution in [-0.4, -0.2) is 74.0 Å². The number of likely N-dealkylation sites (N-methyl/N-ethyl adjacent to an activating group) is 1. The molecule has 1 saturated heterocycles. The number of piperidine rings is 1. The van der Waals surface area contributed by atoms with Crippen LogP contribution in [0.4, 0.5) is 5.69 Å². The molecule has 0 bridgehead atoms. The van der Waals surface area contributed by atoms with Crippen LogP contribution in [0.5, 0.6) is 0 Å². The second-order valence-electron chi connectivity index (χ2n) is 6.57. The van der Waals surface area contributed by atoms with E-state index >= 15 is 0 Å². The number of carbonyl (C=O) groups is 3. The van der Waals surface area contributed by atoms with Crippen molar-refractivity contribution in [3.63, 3.8) is 0 Å². The molecular weight excluding hydrogens is 374 g/mol. The molecule has 0 saturated carbocycles. The van der Waals surface area contributed by atoms with Crippen molar-refractivity contribution in [2.24, 2.45) is 5.92 Å². The average Bonchev–Trinajstić information content (AvgIpc) is 2.60. The SMILES string of the molecule is CN(CC(=O)N1CCC(C(=O)O)CC1)C(=O)c1ccccc1NS(C)(=O)=O. The van der Waals surface area contributed by atoms with Crippen LogP contribution in [-0.2, 0) is 19.6 Å². The van der Waals surface area contributed by atoms with Gasteiger partial charge in [-0.15, -0.1) is 0 Å². The molecule has 0 radical (unpaired) electrons. The number of nitrogens with one attached hydrogen (secondary N) is 1. The number of para-hydroxylation sites is 1. The Labute approximate surface area is 158 Å². The number of carboxylic acids is 1. The summed E-state index contributed by atoms with van der Waals surface area (Å²) in [6, 6.07) is 6.16. The summed E-state index contributed by atoms with van der Waals surface area (Å²) < 4.78 is 25.2. The zero-order chi connectivity index (χ0) is 20.2. The fourth-order valence-electron chi connectivity index (χ4n) is 2.91. The third-order valence-electron chi connectivity index (χ3n) is 4.37. The Kier molecular flexibility index (Phi) is 6.42. The zero-order valence-electron chi connectivity index (χ0n) is 15.2. The predicted octanol–water partition coefficient (Wildman–Crippen LogP) is 0.453. The maximum atomic E-state index is 12.7. The van der Waals surface area contributed by atoms with Crippen LogP contribution in [0.15, 0.2) is 24.3 Å². The minimum absolute atomic E-state index is 0.141. The molecule has 1 aromatic carbocycles. The van der Waals surface area contributed by atoms with Gasteiger partial charge in [0, 0.05) is 20.1 Å². The number of likely N-dealkylation sites (tertiary alicyclic amines) is 1. The quantitative estimate of drug-likeness (QED) is 0.718. The number of hydrogen-bond acceptors (Lipinski definition) is 5. The minimum Gasteiger partial charge on any atom is -0.481 e. The van der Waals surface area contributed by atoms with Crippen LogP contribution in [0.1, 0.15) is 23.2 Å². The van der Waals surface area contributed by atoms with Crippen LogP contribution in [0, 0.1) is 5.92 Å². The van der Waals surface area contributed by atoms with Gasteiger partial charge in [0.1, 0.15) is 0 Å². The highest BCUT2D eigenvalue weighted by molar-refractivity contribution is 7.92. The van der Waals surface area contributed by atoms with Gasteiger partial charge in [-0.2, -0.15) is 0 Å². The maximum absolute atomic E-state index is 12.7. The number of nitrogens with zero attached hydrogens (tertiary/aromatic N) is 2. The molecule has 1 heterocycles. The summed E-state index contributed by atoms with van der Waals surface area (Å²) >= 11 is 0. The van der Waals surface area contributed by atoms with E-state index in [0.29, 0.717) is 25.9 Å². The number of carbonyl (C=O) groups excluding carboxylic acids is 2. The Morgan fingerprint density at radius 2 is 1.81 bits per heavy atom. The predicted molar refractivity (Wildman–Crippen MR) is 98.8 cm³/mol. The van der Waals surface area contributed by atoms with Gasteiger partial charge in [0.15, 0.2) is 0 Å². The summed E-state index contributed by atoms with van der Waals surface area (Å²) in [5.41, 5.74) is 0.286. The Morgan fingerprint density at radius 3 is 2.37 bits per heavy atom. The molecular formula is C17H23N3O6S. The van der Waals surface area contributed by atoms with Crippen molar-refractivity contribution in [1.82, 2.24) is 9.80 Å². The summed E-state index contributed by atoms with van der Waals surface area (Å²) in [5, 5.41) is 9.01. The van der Waals surface area contributed by atoms with Gasteiger partial charge in [0.2, 0.25) is 15.9 Å². The van der Waals surface area contributed by atoms with Gasteiger partial charge in [0.05, 0.1) is 30.0 Å². The number of sulfonamides is 1. The van der Waals surface area contributed by atoms with Gasteiger partial charge in [-0.1, -0.05) is 12.1 Å². The zero-order valence-corrected chi connectivity index (χ0v) is 16.0. The smallest absolute Gasteiger partial charge is 0.306 e. The molecule has 1 aliphatic heterocycles. The van der Waals surface area contributed by atoms with E-state index in [2.05, 4.69) is 4.72 Å². The number of carboxylic acid groups (broad SMARTS) is 1. The average molecular weight is 397 g/mol. The molecule has 10 heteroatoms. The first kappa shape index (κ1) is 20.7. The molecule has 0 aliphatic carbocycles. The van der Waals surface area contributed by atoms with Crippen molar-refractivity contribution < 1.29 is 27.9 Å². The molecule has 0 aromatic heterocycles. The second-order valence-corrected chi connectivity index (χ2v) is 8.32. The van der Waals surface area contributed by atoms with Crippen molar-refractivity contribution in [3.8, 4) is 0 Å². The molecule has 148 valence electrons. The number of aliphatic carboxylic acids is 1. The van der Waals surface area contributed by atoms with E-state index in [9.17, 15) is 22.8 Å². The molecule has 2 rings (SSSR count). The van der Waals surface area contributed by atoms with E-state index in [1.54, 1.807) is 17.0 Å². The van der Waals surface area contributed by atoms with Gasteiger partial charge in [0.25, 0.3) is 5.91 Å². The van der Waals surface area contributed by atoms with Gasteiger partial charge in [-0.05, 0) is 25.0 Å². The molecule has 1 aromatic rings. The van der Waals surface area contributed by atoms with Crippen molar-refractivity contribution in [2.45, 2.75) is 12.8 Å². The van der Waals surface area contributed by atoms with E-state index in [1.807, 2.05) is 0 Å². The van der Waals surface area contributed by atoms with Crippen LogP contribution < -0.4 is 4.72 Å². The summed E-state index contributed by atoms with van der Waals surface area (Å²) in [6.45, 7) is 0.498. The fraction of sp³-hybridized carbons (Fsp3) is 0.471. The first-order chi connectivity index (χ1) is 12.6. The second kappa shape index (κ2) is 8.38. The Bertz CT molecular complexity index is 831. The lowest BCUT2D eigenvalue weighted by atomic mass is 9.97. The first-order valence-electron chi connectivity index (χ1n) is 8.41. The number of hydrogen-bond donors (Lipinski definition) is 2. The molecule has 0 unspecified atom stereocenters. The Balaban J connectivity index is 2.02. The van der Waals surface area contributed by atoms with Gasteiger partial charge < -0.3 is 14.9 Å². The van der Waals surface area contributed by atoms with E-state index in [4.69, 9.17) is 5.11 Å². The Morgan fingerprint density at radius 1 is 1.22 bits per heavy atom. The van der Waals surface area contributed by atoms with E-state index in [-0.39, 0.29) is 23.7 Å². The third-order valence-corrected chi connectivity index (χ3v) is 4.96. The number of amides is 2. The van der Waals surface area contributed by atoms with E-state index in [0.717, 1.165) is 6.26 Å². The topological polar surface area (TPSA) is 124 Å². The number of benzene rings is 1. The summed E-state index contributed by atoms with van der Waals surface area (Å²) in [5.74, 6) is -2.06. The van der Waals surface area contributed by atoms with Crippen molar-refractivity contribution in [3.05, 3.63) is 29.8 Å². The molecule has 27 heavy (non-hydrogen) atoms. The summed E-state index contributed by atoms with van der Waals surface area (Å²) in [4.78, 5) is 38.8. The normalized spacial score (nSPS) is 15.3. The standard InChI is InChI=1S/C17H23N3O6S/c1-19(11-15(21)20-9-7-12(8-10-20)17(23)24)16(22)13-5-3-4-6-14(13)18-27(2,25)26/h3-6,12,18H,7-11H2,1-2H3,(H,23,24). The van der Waals surface area contributed by atoms with Crippen LogP contribution >= 0.6 is 0 Å². The van der Waals surface area contributed by atoms with Gasteiger partial charge >= 0.3 is 5.97 Å². The molecule has 1 fully saturated rings. The highest BCUT2D eigenvalue weighted by Gasteiger charge is 2.28. The molecule has 0 atom stereocenters. The lowest BCUT2D eigenvalue weighted by Crippen LogP contribution is -2.45. The monoisotopic (exact) mass is 397 g/mol. The van der Waals surface area contributed by atoms with Crippen LogP contribution in [0.25, 0.3) is 0 Å². The molecule has 2 amide bonds. The minimum atomic E-state index is -3.56. The lowest BCUT2D eigenvalue weighted by Gasteiger charge is -2.31. The first-order valence-corrected chi connectivity index (χ1v) is 10.3. The number of anilines is 1. The van der Waals surface area contributed by atoms with Crippen molar-refractivity contribution in [2.75, 3.05) is 37.7 Å².